The average molecular weight is 302 g/mol. The fraction of sp³-hybridized carbons (Fsp3) is 0.571. The Labute approximate surface area is 112 Å². The molecule has 0 heterocycles. The van der Waals surface area contributed by atoms with Crippen molar-refractivity contribution in [1.82, 2.24) is 4.90 Å². The lowest BCUT2D eigenvalue weighted by Gasteiger charge is -2.39. The summed E-state index contributed by atoms with van der Waals surface area (Å²) >= 11 is 3.18. The molecule has 0 fully saturated rings. The van der Waals surface area contributed by atoms with E-state index in [1.807, 2.05) is 6.07 Å². The lowest BCUT2D eigenvalue weighted by atomic mass is 10.0. The molecule has 1 aromatic rings. The Balaban J connectivity index is 2.91. The van der Waals surface area contributed by atoms with Crippen molar-refractivity contribution in [2.45, 2.75) is 52.7 Å². The number of benzene rings is 1. The highest BCUT2D eigenvalue weighted by molar-refractivity contribution is 9.10. The summed E-state index contributed by atoms with van der Waals surface area (Å²) in [5, 5.41) is 0. The van der Waals surface area contributed by atoms with Crippen molar-refractivity contribution in [1.29, 1.82) is 0 Å². The molecular formula is C14H21BrFN. The molecular weight excluding hydrogens is 281 g/mol. The van der Waals surface area contributed by atoms with Gasteiger partial charge >= 0.3 is 0 Å². The largest absolute Gasteiger partial charge is 0.292 e. The summed E-state index contributed by atoms with van der Waals surface area (Å²) in [6.07, 6.45) is 0. The molecule has 1 rings (SSSR count). The van der Waals surface area contributed by atoms with Gasteiger partial charge in [0.05, 0.1) is 4.47 Å². The molecule has 0 aliphatic heterocycles. The van der Waals surface area contributed by atoms with Crippen LogP contribution in [0.15, 0.2) is 22.7 Å². The van der Waals surface area contributed by atoms with Gasteiger partial charge in [0.1, 0.15) is 5.82 Å². The van der Waals surface area contributed by atoms with Crippen LogP contribution in [0.4, 0.5) is 4.39 Å². The van der Waals surface area contributed by atoms with E-state index in [0.29, 0.717) is 10.5 Å². The summed E-state index contributed by atoms with van der Waals surface area (Å²) in [4.78, 5) is 2.36. The average Bonchev–Trinajstić information content (AvgIpc) is 2.17. The minimum absolute atomic E-state index is 0.0811. The third-order valence-electron chi connectivity index (χ3n) is 2.82. The first-order valence-electron chi connectivity index (χ1n) is 5.92. The second kappa shape index (κ2) is 5.49. The molecule has 0 saturated heterocycles. The van der Waals surface area contributed by atoms with Gasteiger partial charge in [-0.3, -0.25) is 4.90 Å². The van der Waals surface area contributed by atoms with E-state index in [2.05, 4.69) is 55.4 Å². The third kappa shape index (κ3) is 4.07. The van der Waals surface area contributed by atoms with Crippen LogP contribution in [0.1, 0.15) is 40.2 Å². The minimum atomic E-state index is -0.194. The van der Waals surface area contributed by atoms with E-state index in [9.17, 15) is 4.39 Å². The van der Waals surface area contributed by atoms with Gasteiger partial charge in [0.15, 0.2) is 0 Å². The number of rotatable bonds is 3. The van der Waals surface area contributed by atoms with Crippen LogP contribution in [0.2, 0.25) is 0 Å². The molecule has 0 aliphatic carbocycles. The second-order valence-electron chi connectivity index (χ2n) is 5.64. The van der Waals surface area contributed by atoms with Crippen LogP contribution in [0, 0.1) is 5.82 Å². The Kier molecular flexibility index (Phi) is 4.73. The van der Waals surface area contributed by atoms with E-state index >= 15 is 0 Å². The van der Waals surface area contributed by atoms with Crippen LogP contribution in [-0.2, 0) is 6.54 Å². The molecule has 0 amide bonds. The van der Waals surface area contributed by atoms with Crippen LogP contribution in [0.5, 0.6) is 0 Å². The molecule has 0 N–H and O–H groups in total. The van der Waals surface area contributed by atoms with Crippen molar-refractivity contribution in [2.75, 3.05) is 0 Å². The first-order valence-corrected chi connectivity index (χ1v) is 6.72. The van der Waals surface area contributed by atoms with Crippen LogP contribution < -0.4 is 0 Å². The Morgan fingerprint density at radius 1 is 1.29 bits per heavy atom. The zero-order chi connectivity index (χ0) is 13.2. The van der Waals surface area contributed by atoms with E-state index in [4.69, 9.17) is 0 Å². The third-order valence-corrected chi connectivity index (χ3v) is 3.47. The molecule has 0 bridgehead atoms. The summed E-state index contributed by atoms with van der Waals surface area (Å²) in [7, 11) is 0. The highest BCUT2D eigenvalue weighted by atomic mass is 79.9. The normalized spacial score (nSPS) is 12.5. The Morgan fingerprint density at radius 3 is 2.29 bits per heavy atom. The second-order valence-corrected chi connectivity index (χ2v) is 6.50. The predicted molar refractivity (Wildman–Crippen MR) is 74.5 cm³/mol. The Bertz CT molecular complexity index is 382. The monoisotopic (exact) mass is 301 g/mol. The Hall–Kier alpha value is -0.410. The van der Waals surface area contributed by atoms with Crippen LogP contribution in [0.3, 0.4) is 0 Å². The van der Waals surface area contributed by atoms with Crippen molar-refractivity contribution in [3.63, 3.8) is 0 Å². The van der Waals surface area contributed by atoms with Crippen molar-refractivity contribution >= 4 is 15.9 Å². The highest BCUT2D eigenvalue weighted by Crippen LogP contribution is 2.22. The van der Waals surface area contributed by atoms with E-state index in [0.717, 1.165) is 12.1 Å². The zero-order valence-corrected chi connectivity index (χ0v) is 12.8. The van der Waals surface area contributed by atoms with Crippen LogP contribution in [0.25, 0.3) is 0 Å². The molecule has 0 saturated carbocycles. The van der Waals surface area contributed by atoms with Crippen molar-refractivity contribution < 1.29 is 4.39 Å². The number of nitrogens with zero attached hydrogens (tertiary/aromatic N) is 1. The summed E-state index contributed by atoms with van der Waals surface area (Å²) in [5.74, 6) is -0.194. The number of hydrogen-bond acceptors (Lipinski definition) is 1. The molecule has 0 atom stereocenters. The van der Waals surface area contributed by atoms with Gasteiger partial charge in [-0.05, 0) is 68.2 Å². The van der Waals surface area contributed by atoms with Gasteiger partial charge in [0, 0.05) is 18.1 Å². The molecule has 3 heteroatoms. The SMILES string of the molecule is CC(C)N(Cc1ccc(Br)c(F)c1)C(C)(C)C. The standard InChI is InChI=1S/C14H21BrFN/c1-10(2)17(14(3,4)5)9-11-6-7-12(15)13(16)8-11/h6-8,10H,9H2,1-5H3. The number of hydrogen-bond donors (Lipinski definition) is 0. The highest BCUT2D eigenvalue weighted by Gasteiger charge is 2.24. The lowest BCUT2D eigenvalue weighted by Crippen LogP contribution is -2.45. The maximum Gasteiger partial charge on any atom is 0.137 e. The molecule has 0 unspecified atom stereocenters. The fourth-order valence-corrected chi connectivity index (χ4v) is 2.28. The van der Waals surface area contributed by atoms with Gasteiger partial charge in [-0.2, -0.15) is 0 Å². The molecule has 0 aromatic heterocycles. The van der Waals surface area contributed by atoms with E-state index < -0.39 is 0 Å². The van der Waals surface area contributed by atoms with Gasteiger partial charge in [-0.25, -0.2) is 4.39 Å². The Morgan fingerprint density at radius 2 is 1.88 bits per heavy atom. The molecule has 1 nitrogen and oxygen atoms in total. The summed E-state index contributed by atoms with van der Waals surface area (Å²) in [6, 6.07) is 5.77. The molecule has 0 spiro atoms. The smallest absolute Gasteiger partial charge is 0.137 e. The maximum atomic E-state index is 13.5. The topological polar surface area (TPSA) is 3.24 Å². The summed E-state index contributed by atoms with van der Waals surface area (Å²) in [6.45, 7) is 11.7. The predicted octanol–water partition coefficient (Wildman–Crippen LogP) is 4.60. The zero-order valence-electron chi connectivity index (χ0n) is 11.2. The summed E-state index contributed by atoms with van der Waals surface area (Å²) < 4.78 is 14.0. The molecule has 17 heavy (non-hydrogen) atoms. The first kappa shape index (κ1) is 14.7. The summed E-state index contributed by atoms with van der Waals surface area (Å²) in [5.41, 5.74) is 1.09. The molecule has 0 radical (unpaired) electrons. The molecule has 0 aliphatic rings. The van der Waals surface area contributed by atoms with Gasteiger partial charge in [0.2, 0.25) is 0 Å². The van der Waals surface area contributed by atoms with Crippen molar-refractivity contribution in [3.05, 3.63) is 34.1 Å². The molecule has 1 aromatic carbocycles. The van der Waals surface area contributed by atoms with E-state index in [1.165, 1.54) is 0 Å². The molecule has 96 valence electrons. The maximum absolute atomic E-state index is 13.5. The van der Waals surface area contributed by atoms with E-state index in [1.54, 1.807) is 12.1 Å². The first-order chi connectivity index (χ1) is 7.71. The van der Waals surface area contributed by atoms with Gasteiger partial charge in [-0.15, -0.1) is 0 Å². The quantitative estimate of drug-likeness (QED) is 0.789. The fourth-order valence-electron chi connectivity index (χ4n) is 2.03. The number of halogens is 2. The minimum Gasteiger partial charge on any atom is -0.292 e. The van der Waals surface area contributed by atoms with Crippen molar-refractivity contribution in [3.8, 4) is 0 Å². The van der Waals surface area contributed by atoms with Gasteiger partial charge in [-0.1, -0.05) is 6.07 Å². The van der Waals surface area contributed by atoms with Crippen LogP contribution in [-0.4, -0.2) is 16.5 Å². The van der Waals surface area contributed by atoms with Crippen molar-refractivity contribution in [2.24, 2.45) is 0 Å². The lowest BCUT2D eigenvalue weighted by molar-refractivity contribution is 0.0900. The van der Waals surface area contributed by atoms with E-state index in [-0.39, 0.29) is 11.4 Å². The van der Waals surface area contributed by atoms with Gasteiger partial charge < -0.3 is 0 Å². The van der Waals surface area contributed by atoms with Gasteiger partial charge in [0.25, 0.3) is 0 Å². The van der Waals surface area contributed by atoms with Crippen LogP contribution >= 0.6 is 15.9 Å².